The first kappa shape index (κ1) is 15.1. The molecule has 2 nitrogen and oxygen atoms in total. The molecule has 110 valence electrons. The molecule has 0 amide bonds. The summed E-state index contributed by atoms with van der Waals surface area (Å²) in [5.41, 5.74) is 4.22. The summed E-state index contributed by atoms with van der Waals surface area (Å²) < 4.78 is 0. The molecule has 0 fully saturated rings. The summed E-state index contributed by atoms with van der Waals surface area (Å²) in [5, 5.41) is 1.53. The molecule has 0 atom stereocenters. The van der Waals surface area contributed by atoms with Gasteiger partial charge in [-0.15, -0.1) is 0 Å². The standard InChI is InChI=1S/C18H15ClN2S/c1-13-11-17(15-7-9-16(19)10-8-15)21-18(20-13)22-12-14-5-3-2-4-6-14/h2-11H,12H2,1H3. The first-order chi connectivity index (χ1) is 10.7. The number of aryl methyl sites for hydroxylation is 1. The highest BCUT2D eigenvalue weighted by molar-refractivity contribution is 7.98. The summed E-state index contributed by atoms with van der Waals surface area (Å²) in [6, 6.07) is 20.1. The first-order valence-corrected chi connectivity index (χ1v) is 8.35. The zero-order valence-corrected chi connectivity index (χ0v) is 13.7. The largest absolute Gasteiger partial charge is 0.228 e. The van der Waals surface area contributed by atoms with Gasteiger partial charge in [-0.05, 0) is 30.7 Å². The minimum atomic E-state index is 0.730. The van der Waals surface area contributed by atoms with Gasteiger partial charge in [0, 0.05) is 22.0 Å². The molecule has 0 radical (unpaired) electrons. The minimum absolute atomic E-state index is 0.730. The molecule has 0 aliphatic carbocycles. The van der Waals surface area contributed by atoms with Crippen molar-refractivity contribution in [3.63, 3.8) is 0 Å². The number of hydrogen-bond acceptors (Lipinski definition) is 3. The summed E-state index contributed by atoms with van der Waals surface area (Å²) in [6.45, 7) is 1.99. The fourth-order valence-electron chi connectivity index (χ4n) is 2.10. The van der Waals surface area contributed by atoms with Gasteiger partial charge in [0.2, 0.25) is 0 Å². The van der Waals surface area contributed by atoms with Crippen LogP contribution in [-0.4, -0.2) is 9.97 Å². The van der Waals surface area contributed by atoms with Gasteiger partial charge < -0.3 is 0 Å². The molecule has 4 heteroatoms. The van der Waals surface area contributed by atoms with Crippen molar-refractivity contribution in [3.8, 4) is 11.3 Å². The van der Waals surface area contributed by atoms with Crippen molar-refractivity contribution in [3.05, 3.63) is 76.9 Å². The van der Waals surface area contributed by atoms with Crippen LogP contribution in [0.4, 0.5) is 0 Å². The van der Waals surface area contributed by atoms with Crippen LogP contribution in [0.1, 0.15) is 11.3 Å². The van der Waals surface area contributed by atoms with E-state index in [4.69, 9.17) is 11.6 Å². The monoisotopic (exact) mass is 326 g/mol. The third-order valence-corrected chi connectivity index (χ3v) is 4.35. The smallest absolute Gasteiger partial charge is 0.188 e. The van der Waals surface area contributed by atoms with E-state index in [1.807, 2.05) is 55.5 Å². The number of hydrogen-bond donors (Lipinski definition) is 0. The number of benzene rings is 2. The molecule has 2 aromatic carbocycles. The lowest BCUT2D eigenvalue weighted by Gasteiger charge is -2.06. The highest BCUT2D eigenvalue weighted by Crippen LogP contribution is 2.25. The number of halogens is 1. The molecule has 0 aliphatic heterocycles. The quantitative estimate of drug-likeness (QED) is 0.474. The lowest BCUT2D eigenvalue weighted by molar-refractivity contribution is 0.937. The van der Waals surface area contributed by atoms with Gasteiger partial charge in [-0.25, -0.2) is 9.97 Å². The number of rotatable bonds is 4. The Morgan fingerprint density at radius 2 is 1.68 bits per heavy atom. The van der Waals surface area contributed by atoms with E-state index >= 15 is 0 Å². The molecular formula is C18H15ClN2S. The zero-order chi connectivity index (χ0) is 15.4. The van der Waals surface area contributed by atoms with Crippen LogP contribution in [0.25, 0.3) is 11.3 Å². The molecule has 0 unspecified atom stereocenters. The van der Waals surface area contributed by atoms with E-state index < -0.39 is 0 Å². The van der Waals surface area contributed by atoms with Crippen molar-refractivity contribution in [1.82, 2.24) is 9.97 Å². The fraction of sp³-hybridized carbons (Fsp3) is 0.111. The second kappa shape index (κ2) is 6.95. The Kier molecular flexibility index (Phi) is 4.76. The SMILES string of the molecule is Cc1cc(-c2ccc(Cl)cc2)nc(SCc2ccccc2)n1. The zero-order valence-electron chi connectivity index (χ0n) is 12.2. The molecule has 0 N–H and O–H groups in total. The van der Waals surface area contributed by atoms with Gasteiger partial charge in [0.15, 0.2) is 5.16 Å². The molecule has 0 bridgehead atoms. The van der Waals surface area contributed by atoms with E-state index in [9.17, 15) is 0 Å². The fourth-order valence-corrected chi connectivity index (χ4v) is 3.08. The van der Waals surface area contributed by atoms with Crippen molar-refractivity contribution < 1.29 is 0 Å². The second-order valence-corrected chi connectivity index (χ2v) is 6.34. The maximum Gasteiger partial charge on any atom is 0.188 e. The summed E-state index contributed by atoms with van der Waals surface area (Å²) in [5.74, 6) is 0.865. The van der Waals surface area contributed by atoms with Gasteiger partial charge in [-0.3, -0.25) is 0 Å². The van der Waals surface area contributed by atoms with E-state index in [0.29, 0.717) is 0 Å². The van der Waals surface area contributed by atoms with Crippen molar-refractivity contribution in [1.29, 1.82) is 0 Å². The van der Waals surface area contributed by atoms with E-state index in [1.165, 1.54) is 5.56 Å². The van der Waals surface area contributed by atoms with Crippen LogP contribution in [0.15, 0.2) is 65.8 Å². The predicted molar refractivity (Wildman–Crippen MR) is 93.2 cm³/mol. The summed E-state index contributed by atoms with van der Waals surface area (Å²) in [6.07, 6.45) is 0. The molecule has 0 aliphatic rings. The van der Waals surface area contributed by atoms with Crippen molar-refractivity contribution in [2.45, 2.75) is 17.8 Å². The van der Waals surface area contributed by atoms with Gasteiger partial charge in [0.25, 0.3) is 0 Å². The second-order valence-electron chi connectivity index (χ2n) is 4.96. The Morgan fingerprint density at radius 3 is 2.41 bits per heavy atom. The molecule has 0 spiro atoms. The Balaban J connectivity index is 1.82. The molecule has 0 saturated carbocycles. The van der Waals surface area contributed by atoms with E-state index in [2.05, 4.69) is 22.1 Å². The third-order valence-electron chi connectivity index (χ3n) is 3.18. The van der Waals surface area contributed by atoms with Gasteiger partial charge in [0.1, 0.15) is 0 Å². The first-order valence-electron chi connectivity index (χ1n) is 6.99. The van der Waals surface area contributed by atoms with Crippen LogP contribution >= 0.6 is 23.4 Å². The van der Waals surface area contributed by atoms with Crippen LogP contribution in [-0.2, 0) is 5.75 Å². The van der Waals surface area contributed by atoms with Crippen molar-refractivity contribution in [2.75, 3.05) is 0 Å². The minimum Gasteiger partial charge on any atom is -0.228 e. The van der Waals surface area contributed by atoms with Crippen LogP contribution in [0.5, 0.6) is 0 Å². The van der Waals surface area contributed by atoms with E-state index in [-0.39, 0.29) is 0 Å². The van der Waals surface area contributed by atoms with E-state index in [0.717, 1.165) is 32.9 Å². The molecule has 1 heterocycles. The molecule has 1 aromatic heterocycles. The summed E-state index contributed by atoms with van der Waals surface area (Å²) in [7, 11) is 0. The van der Waals surface area contributed by atoms with Crippen LogP contribution < -0.4 is 0 Å². The van der Waals surface area contributed by atoms with Gasteiger partial charge in [-0.1, -0.05) is 65.8 Å². The average molecular weight is 327 g/mol. The molecule has 22 heavy (non-hydrogen) atoms. The molecular weight excluding hydrogens is 312 g/mol. The number of nitrogens with zero attached hydrogens (tertiary/aromatic N) is 2. The molecule has 0 saturated heterocycles. The molecule has 3 aromatic rings. The highest BCUT2D eigenvalue weighted by Gasteiger charge is 2.06. The summed E-state index contributed by atoms with van der Waals surface area (Å²) in [4.78, 5) is 9.18. The average Bonchev–Trinajstić information content (AvgIpc) is 2.54. The number of aromatic nitrogens is 2. The lowest BCUT2D eigenvalue weighted by atomic mass is 10.1. The van der Waals surface area contributed by atoms with Crippen LogP contribution in [0, 0.1) is 6.92 Å². The molecule has 3 rings (SSSR count). The Bertz CT molecular complexity index is 758. The van der Waals surface area contributed by atoms with Gasteiger partial charge in [-0.2, -0.15) is 0 Å². The Hall–Kier alpha value is -1.84. The Morgan fingerprint density at radius 1 is 0.955 bits per heavy atom. The van der Waals surface area contributed by atoms with Gasteiger partial charge >= 0.3 is 0 Å². The summed E-state index contributed by atoms with van der Waals surface area (Å²) >= 11 is 7.59. The van der Waals surface area contributed by atoms with Crippen molar-refractivity contribution >= 4 is 23.4 Å². The van der Waals surface area contributed by atoms with Crippen LogP contribution in [0.2, 0.25) is 5.02 Å². The maximum atomic E-state index is 5.94. The highest BCUT2D eigenvalue weighted by atomic mass is 35.5. The van der Waals surface area contributed by atoms with Crippen LogP contribution in [0.3, 0.4) is 0 Å². The Labute approximate surface area is 139 Å². The lowest BCUT2D eigenvalue weighted by Crippen LogP contribution is -1.94. The maximum absolute atomic E-state index is 5.94. The number of thioether (sulfide) groups is 1. The topological polar surface area (TPSA) is 25.8 Å². The van der Waals surface area contributed by atoms with Crippen molar-refractivity contribution in [2.24, 2.45) is 0 Å². The van der Waals surface area contributed by atoms with Gasteiger partial charge in [0.05, 0.1) is 5.69 Å². The third kappa shape index (κ3) is 3.87. The van der Waals surface area contributed by atoms with E-state index in [1.54, 1.807) is 11.8 Å². The normalized spacial score (nSPS) is 10.6. The predicted octanol–water partition coefficient (Wildman–Crippen LogP) is 5.40.